The third-order valence-electron chi connectivity index (χ3n) is 3.20. The van der Waals surface area contributed by atoms with E-state index in [0.29, 0.717) is 5.01 Å². The Morgan fingerprint density at radius 3 is 2.72 bits per heavy atom. The minimum atomic E-state index is -0.463. The average molecular weight is 266 g/mol. The van der Waals surface area contributed by atoms with Gasteiger partial charge >= 0.3 is 0 Å². The lowest BCUT2D eigenvalue weighted by atomic mass is 10.2. The van der Waals surface area contributed by atoms with Crippen LogP contribution in [0.15, 0.2) is 18.2 Å². The van der Waals surface area contributed by atoms with E-state index in [2.05, 4.69) is 4.98 Å². The van der Waals surface area contributed by atoms with Crippen LogP contribution < -0.4 is 5.73 Å². The fourth-order valence-corrected chi connectivity index (χ4v) is 3.24. The Morgan fingerprint density at radius 1 is 1.33 bits per heavy atom. The summed E-state index contributed by atoms with van der Waals surface area (Å²) in [6.45, 7) is 1.86. The highest BCUT2D eigenvalue weighted by molar-refractivity contribution is 7.15. The van der Waals surface area contributed by atoms with Crippen LogP contribution in [0.4, 0.5) is 8.78 Å². The van der Waals surface area contributed by atoms with Gasteiger partial charge in [0.25, 0.3) is 0 Å². The number of rotatable bonds is 2. The largest absolute Gasteiger partial charge is 0.321 e. The topological polar surface area (TPSA) is 38.9 Å². The van der Waals surface area contributed by atoms with Crippen LogP contribution in [0, 0.1) is 18.6 Å². The summed E-state index contributed by atoms with van der Waals surface area (Å²) in [4.78, 5) is 5.31. The van der Waals surface area contributed by atoms with E-state index < -0.39 is 11.6 Å². The number of benzene rings is 1. The molecule has 0 saturated heterocycles. The standard InChI is InChI=1S/C13H12F2N2S/c1-7-11(13(16)4-5-13)18-12(17-7)9-6-8(14)2-3-10(9)15/h2-3,6H,4-5,16H2,1H3. The molecule has 0 spiro atoms. The number of halogens is 2. The molecule has 5 heteroatoms. The van der Waals surface area contributed by atoms with E-state index in [1.54, 1.807) is 0 Å². The molecule has 0 atom stereocenters. The van der Waals surface area contributed by atoms with Crippen LogP contribution in [0.2, 0.25) is 0 Å². The second-order valence-electron chi connectivity index (χ2n) is 4.71. The molecule has 2 aromatic rings. The number of hydrogen-bond donors (Lipinski definition) is 1. The summed E-state index contributed by atoms with van der Waals surface area (Å²) in [5.41, 5.74) is 6.87. The second kappa shape index (κ2) is 3.83. The molecule has 94 valence electrons. The summed E-state index contributed by atoms with van der Waals surface area (Å²) in [6.07, 6.45) is 1.86. The molecule has 0 aliphatic heterocycles. The zero-order valence-electron chi connectivity index (χ0n) is 9.84. The first kappa shape index (κ1) is 11.7. The van der Waals surface area contributed by atoms with Crippen molar-refractivity contribution in [2.45, 2.75) is 25.3 Å². The summed E-state index contributed by atoms with van der Waals surface area (Å²) < 4.78 is 26.8. The normalized spacial score (nSPS) is 16.9. The van der Waals surface area contributed by atoms with E-state index in [-0.39, 0.29) is 11.1 Å². The molecule has 18 heavy (non-hydrogen) atoms. The Labute approximate surface area is 107 Å². The van der Waals surface area contributed by atoms with Gasteiger partial charge in [-0.3, -0.25) is 0 Å². The maximum Gasteiger partial charge on any atom is 0.133 e. The third-order valence-corrected chi connectivity index (χ3v) is 4.61. The van der Waals surface area contributed by atoms with Gasteiger partial charge in [0.1, 0.15) is 16.6 Å². The fraction of sp³-hybridized carbons (Fsp3) is 0.308. The van der Waals surface area contributed by atoms with Gasteiger partial charge in [-0.1, -0.05) is 0 Å². The summed E-state index contributed by atoms with van der Waals surface area (Å²) in [5.74, 6) is -0.923. The molecule has 3 rings (SSSR count). The molecule has 1 saturated carbocycles. The molecule has 0 bridgehead atoms. The molecule has 1 aliphatic rings. The van der Waals surface area contributed by atoms with Gasteiger partial charge in [0.05, 0.1) is 11.2 Å². The van der Waals surface area contributed by atoms with Crippen LogP contribution in [0.1, 0.15) is 23.4 Å². The molecular formula is C13H12F2N2S. The lowest BCUT2D eigenvalue weighted by Crippen LogP contribution is -2.18. The molecule has 2 nitrogen and oxygen atoms in total. The van der Waals surface area contributed by atoms with Crippen LogP contribution in [-0.4, -0.2) is 4.98 Å². The van der Waals surface area contributed by atoms with E-state index in [1.807, 2.05) is 6.92 Å². The van der Waals surface area contributed by atoms with Crippen molar-refractivity contribution < 1.29 is 8.78 Å². The van der Waals surface area contributed by atoms with Gasteiger partial charge < -0.3 is 5.73 Å². The minimum Gasteiger partial charge on any atom is -0.321 e. The molecule has 1 aromatic heterocycles. The van der Waals surface area contributed by atoms with Crippen molar-refractivity contribution in [1.29, 1.82) is 0 Å². The van der Waals surface area contributed by atoms with Crippen molar-refractivity contribution in [1.82, 2.24) is 4.98 Å². The van der Waals surface area contributed by atoms with Crippen molar-refractivity contribution in [3.8, 4) is 10.6 Å². The Morgan fingerprint density at radius 2 is 2.06 bits per heavy atom. The lowest BCUT2D eigenvalue weighted by molar-refractivity contribution is 0.603. The van der Waals surface area contributed by atoms with Crippen molar-refractivity contribution in [2.24, 2.45) is 5.73 Å². The molecule has 1 aromatic carbocycles. The number of hydrogen-bond acceptors (Lipinski definition) is 3. The minimum absolute atomic E-state index is 0.207. The number of thiazole rings is 1. The van der Waals surface area contributed by atoms with E-state index in [1.165, 1.54) is 17.4 Å². The molecule has 0 radical (unpaired) electrons. The van der Waals surface area contributed by atoms with E-state index in [9.17, 15) is 8.78 Å². The Bertz CT molecular complexity index is 617. The molecule has 0 unspecified atom stereocenters. The quantitative estimate of drug-likeness (QED) is 0.905. The summed E-state index contributed by atoms with van der Waals surface area (Å²) in [5, 5.41) is 0.497. The van der Waals surface area contributed by atoms with E-state index in [0.717, 1.165) is 35.5 Å². The highest BCUT2D eigenvalue weighted by Crippen LogP contribution is 2.48. The number of aryl methyl sites for hydroxylation is 1. The predicted octanol–water partition coefficient (Wildman–Crippen LogP) is 3.34. The number of nitrogens with two attached hydrogens (primary N) is 1. The first-order valence-electron chi connectivity index (χ1n) is 5.72. The second-order valence-corrected chi connectivity index (χ2v) is 5.71. The summed E-state index contributed by atoms with van der Waals surface area (Å²) >= 11 is 1.36. The van der Waals surface area contributed by atoms with Gasteiger partial charge in [-0.2, -0.15) is 0 Å². The molecule has 1 aliphatic carbocycles. The van der Waals surface area contributed by atoms with Crippen molar-refractivity contribution in [2.75, 3.05) is 0 Å². The van der Waals surface area contributed by atoms with E-state index >= 15 is 0 Å². The molecular weight excluding hydrogens is 254 g/mol. The highest BCUT2D eigenvalue weighted by Gasteiger charge is 2.43. The number of nitrogens with zero attached hydrogens (tertiary/aromatic N) is 1. The first-order valence-corrected chi connectivity index (χ1v) is 6.53. The average Bonchev–Trinajstić information content (AvgIpc) is 2.94. The lowest BCUT2D eigenvalue weighted by Gasteiger charge is -2.04. The third kappa shape index (κ3) is 1.83. The zero-order valence-corrected chi connectivity index (χ0v) is 10.7. The van der Waals surface area contributed by atoms with Gasteiger partial charge in [0, 0.05) is 10.4 Å². The molecule has 2 N–H and O–H groups in total. The van der Waals surface area contributed by atoms with Crippen molar-refractivity contribution in [3.05, 3.63) is 40.4 Å². The Kier molecular flexibility index (Phi) is 2.50. The van der Waals surface area contributed by atoms with Gasteiger partial charge in [0.2, 0.25) is 0 Å². The molecule has 1 heterocycles. The van der Waals surface area contributed by atoms with Crippen molar-refractivity contribution >= 4 is 11.3 Å². The fourth-order valence-electron chi connectivity index (χ4n) is 2.00. The molecule has 0 amide bonds. The SMILES string of the molecule is Cc1nc(-c2cc(F)ccc2F)sc1C1(N)CC1. The van der Waals surface area contributed by atoms with Gasteiger partial charge in [0.15, 0.2) is 0 Å². The van der Waals surface area contributed by atoms with E-state index in [4.69, 9.17) is 5.73 Å². The molecule has 1 fully saturated rings. The van der Waals surface area contributed by atoms with Crippen LogP contribution in [0.3, 0.4) is 0 Å². The Hall–Kier alpha value is -1.33. The summed E-state index contributed by atoms with van der Waals surface area (Å²) in [7, 11) is 0. The van der Waals surface area contributed by atoms with Crippen LogP contribution in [0.25, 0.3) is 10.6 Å². The van der Waals surface area contributed by atoms with Crippen LogP contribution in [0.5, 0.6) is 0 Å². The predicted molar refractivity (Wildman–Crippen MR) is 67.3 cm³/mol. The summed E-state index contributed by atoms with van der Waals surface area (Å²) in [6, 6.07) is 3.40. The van der Waals surface area contributed by atoms with Crippen LogP contribution in [-0.2, 0) is 5.54 Å². The first-order chi connectivity index (χ1) is 8.49. The van der Waals surface area contributed by atoms with Gasteiger partial charge in [-0.25, -0.2) is 13.8 Å². The zero-order chi connectivity index (χ0) is 12.9. The van der Waals surface area contributed by atoms with Crippen LogP contribution >= 0.6 is 11.3 Å². The van der Waals surface area contributed by atoms with Gasteiger partial charge in [-0.05, 0) is 38.0 Å². The Balaban J connectivity index is 2.10. The maximum atomic E-state index is 13.7. The monoisotopic (exact) mass is 266 g/mol. The van der Waals surface area contributed by atoms with Crippen molar-refractivity contribution in [3.63, 3.8) is 0 Å². The highest BCUT2D eigenvalue weighted by atomic mass is 32.1. The van der Waals surface area contributed by atoms with Gasteiger partial charge in [-0.15, -0.1) is 11.3 Å². The smallest absolute Gasteiger partial charge is 0.133 e. The number of aromatic nitrogens is 1. The maximum absolute atomic E-state index is 13.7.